The number of halogens is 1. The van der Waals surface area contributed by atoms with Gasteiger partial charge in [-0.1, -0.05) is 35.9 Å². The molecule has 4 nitrogen and oxygen atoms in total. The molecule has 0 radical (unpaired) electrons. The number of anilines is 2. The number of fused-ring (bicyclic) bond motifs is 1. The van der Waals surface area contributed by atoms with E-state index in [2.05, 4.69) is 29.2 Å². The summed E-state index contributed by atoms with van der Waals surface area (Å²) in [6.45, 7) is 5.30. The van der Waals surface area contributed by atoms with Gasteiger partial charge in [0.2, 0.25) is 0 Å². The van der Waals surface area contributed by atoms with Crippen LogP contribution in [0, 0.1) is 0 Å². The summed E-state index contributed by atoms with van der Waals surface area (Å²) in [6, 6.07) is 16.3. The molecule has 136 valence electrons. The van der Waals surface area contributed by atoms with E-state index < -0.39 is 0 Å². The normalized spacial score (nSPS) is 17.9. The van der Waals surface area contributed by atoms with E-state index >= 15 is 0 Å². The Morgan fingerprint density at radius 2 is 1.85 bits per heavy atom. The molecule has 0 unspecified atom stereocenters. The predicted octanol–water partition coefficient (Wildman–Crippen LogP) is 2.02. The lowest BCUT2D eigenvalue weighted by Crippen LogP contribution is -3.16. The number of benzene rings is 2. The number of rotatable bonds is 3. The van der Waals surface area contributed by atoms with Crippen molar-refractivity contribution in [1.29, 1.82) is 0 Å². The highest BCUT2D eigenvalue weighted by Gasteiger charge is 2.27. The standard InChI is InChI=1S/C21H24ClN3O/c22-18-7-3-8-19(15-18)24-13-11-23(12-14-24)16-21(26)25-10-4-6-17-5-1-2-9-20(17)25/h1-3,5,7-9,15H,4,6,10-14,16H2/p+1. The number of nitrogens with one attached hydrogen (secondary N) is 1. The van der Waals surface area contributed by atoms with Crippen LogP contribution in [-0.2, 0) is 11.2 Å². The van der Waals surface area contributed by atoms with Gasteiger partial charge in [0.05, 0.1) is 26.2 Å². The molecule has 0 aromatic heterocycles. The molecule has 0 saturated carbocycles. The first kappa shape index (κ1) is 17.4. The summed E-state index contributed by atoms with van der Waals surface area (Å²) in [5.41, 5.74) is 3.58. The van der Waals surface area contributed by atoms with Crippen molar-refractivity contribution in [3.8, 4) is 0 Å². The van der Waals surface area contributed by atoms with Crippen LogP contribution in [0.1, 0.15) is 12.0 Å². The third kappa shape index (κ3) is 3.71. The SMILES string of the molecule is O=C(C[NH+]1CCN(c2cccc(Cl)c2)CC1)N1CCCc2ccccc21. The van der Waals surface area contributed by atoms with Gasteiger partial charge in [-0.05, 0) is 42.7 Å². The Kier molecular flexibility index (Phi) is 5.14. The highest BCUT2D eigenvalue weighted by Crippen LogP contribution is 2.26. The third-order valence-corrected chi connectivity index (χ3v) is 5.69. The van der Waals surface area contributed by atoms with E-state index in [1.807, 2.05) is 29.2 Å². The average Bonchev–Trinajstić information content (AvgIpc) is 2.68. The number of hydrogen-bond acceptors (Lipinski definition) is 2. The molecule has 1 amide bonds. The summed E-state index contributed by atoms with van der Waals surface area (Å²) in [7, 11) is 0. The minimum absolute atomic E-state index is 0.253. The molecular weight excluding hydrogens is 346 g/mol. The smallest absolute Gasteiger partial charge is 0.282 e. The van der Waals surface area contributed by atoms with Crippen LogP contribution in [0.5, 0.6) is 0 Å². The molecule has 0 aliphatic carbocycles. The summed E-state index contributed by atoms with van der Waals surface area (Å²) in [5.74, 6) is 0.253. The molecule has 26 heavy (non-hydrogen) atoms. The zero-order valence-electron chi connectivity index (χ0n) is 15.0. The van der Waals surface area contributed by atoms with Gasteiger partial charge in [0.1, 0.15) is 0 Å². The van der Waals surface area contributed by atoms with Crippen LogP contribution < -0.4 is 14.7 Å². The molecule has 4 rings (SSSR count). The Morgan fingerprint density at radius 1 is 1.04 bits per heavy atom. The van der Waals surface area contributed by atoms with Gasteiger partial charge >= 0.3 is 0 Å². The number of hydrogen-bond donors (Lipinski definition) is 1. The summed E-state index contributed by atoms with van der Waals surface area (Å²) in [4.78, 5) is 18.6. The lowest BCUT2D eigenvalue weighted by molar-refractivity contribution is -0.892. The fraction of sp³-hybridized carbons (Fsp3) is 0.381. The van der Waals surface area contributed by atoms with Crippen LogP contribution in [0.15, 0.2) is 48.5 Å². The first-order valence-electron chi connectivity index (χ1n) is 9.43. The quantitative estimate of drug-likeness (QED) is 0.895. The maximum absolute atomic E-state index is 12.9. The van der Waals surface area contributed by atoms with E-state index in [1.54, 1.807) is 0 Å². The summed E-state index contributed by atoms with van der Waals surface area (Å²) < 4.78 is 0. The van der Waals surface area contributed by atoms with E-state index in [0.717, 1.165) is 56.3 Å². The number of nitrogens with zero attached hydrogens (tertiary/aromatic N) is 2. The van der Waals surface area contributed by atoms with E-state index in [1.165, 1.54) is 16.2 Å². The topological polar surface area (TPSA) is 28.0 Å². The number of quaternary nitrogens is 1. The van der Waals surface area contributed by atoms with Crippen molar-refractivity contribution in [2.75, 3.05) is 49.1 Å². The summed E-state index contributed by atoms with van der Waals surface area (Å²) in [6.07, 6.45) is 2.13. The van der Waals surface area contributed by atoms with Gasteiger partial charge < -0.3 is 14.7 Å². The van der Waals surface area contributed by atoms with Crippen molar-refractivity contribution in [2.24, 2.45) is 0 Å². The summed E-state index contributed by atoms with van der Waals surface area (Å²) >= 11 is 6.11. The first-order valence-corrected chi connectivity index (χ1v) is 9.81. The van der Waals surface area contributed by atoms with Crippen LogP contribution in [0.3, 0.4) is 0 Å². The van der Waals surface area contributed by atoms with E-state index in [0.29, 0.717) is 6.54 Å². The fourth-order valence-electron chi connectivity index (χ4n) is 4.03. The number of carbonyl (C=O) groups excluding carboxylic acids is 1. The molecule has 2 aromatic carbocycles. The highest BCUT2D eigenvalue weighted by molar-refractivity contribution is 6.30. The minimum atomic E-state index is 0.253. The molecule has 1 N–H and O–H groups in total. The van der Waals surface area contributed by atoms with E-state index in [-0.39, 0.29) is 5.91 Å². The maximum Gasteiger partial charge on any atom is 0.282 e. The lowest BCUT2D eigenvalue weighted by Gasteiger charge is -2.35. The van der Waals surface area contributed by atoms with Crippen LogP contribution in [0.2, 0.25) is 5.02 Å². The van der Waals surface area contributed by atoms with Crippen molar-refractivity contribution in [3.05, 3.63) is 59.1 Å². The lowest BCUT2D eigenvalue weighted by atomic mass is 10.0. The molecule has 1 saturated heterocycles. The zero-order chi connectivity index (χ0) is 17.9. The number of para-hydroxylation sites is 1. The third-order valence-electron chi connectivity index (χ3n) is 5.46. The fourth-order valence-corrected chi connectivity index (χ4v) is 4.22. The van der Waals surface area contributed by atoms with Crippen molar-refractivity contribution in [1.82, 2.24) is 0 Å². The molecule has 2 heterocycles. The van der Waals surface area contributed by atoms with Crippen LogP contribution in [0.25, 0.3) is 0 Å². The second-order valence-corrected chi connectivity index (χ2v) is 7.61. The van der Waals surface area contributed by atoms with Gasteiger partial charge in [-0.15, -0.1) is 0 Å². The predicted molar refractivity (Wildman–Crippen MR) is 106 cm³/mol. The molecule has 2 aliphatic heterocycles. The Hall–Kier alpha value is -2.04. The Morgan fingerprint density at radius 3 is 2.65 bits per heavy atom. The number of aryl methyl sites for hydroxylation is 1. The Labute approximate surface area is 160 Å². The molecular formula is C21H25ClN3O+. The molecule has 0 atom stereocenters. The average molecular weight is 371 g/mol. The van der Waals surface area contributed by atoms with Gasteiger partial charge in [-0.3, -0.25) is 4.79 Å². The molecule has 2 aromatic rings. The van der Waals surface area contributed by atoms with Gasteiger partial charge in [-0.25, -0.2) is 0 Å². The van der Waals surface area contributed by atoms with Gasteiger partial charge in [0.15, 0.2) is 6.54 Å². The number of carbonyl (C=O) groups is 1. The van der Waals surface area contributed by atoms with Crippen LogP contribution in [0.4, 0.5) is 11.4 Å². The van der Waals surface area contributed by atoms with Crippen molar-refractivity contribution >= 4 is 28.9 Å². The Bertz CT molecular complexity index is 786. The molecule has 0 bridgehead atoms. The van der Waals surface area contributed by atoms with Crippen LogP contribution in [-0.4, -0.2) is 45.2 Å². The molecule has 1 fully saturated rings. The molecule has 0 spiro atoms. The van der Waals surface area contributed by atoms with Gasteiger partial charge in [0.25, 0.3) is 5.91 Å². The second kappa shape index (κ2) is 7.68. The minimum Gasteiger partial charge on any atom is -0.360 e. The van der Waals surface area contributed by atoms with Gasteiger partial charge in [-0.2, -0.15) is 0 Å². The maximum atomic E-state index is 12.9. The molecule has 5 heteroatoms. The number of piperazine rings is 1. The van der Waals surface area contributed by atoms with E-state index in [4.69, 9.17) is 11.6 Å². The monoisotopic (exact) mass is 370 g/mol. The second-order valence-electron chi connectivity index (χ2n) is 7.17. The van der Waals surface area contributed by atoms with Crippen LogP contribution >= 0.6 is 11.6 Å². The molecule has 2 aliphatic rings. The first-order chi connectivity index (χ1) is 12.7. The van der Waals surface area contributed by atoms with Crippen molar-refractivity contribution in [3.63, 3.8) is 0 Å². The largest absolute Gasteiger partial charge is 0.360 e. The Balaban J connectivity index is 1.36. The summed E-state index contributed by atoms with van der Waals surface area (Å²) in [5, 5.41) is 0.774. The highest BCUT2D eigenvalue weighted by atomic mass is 35.5. The zero-order valence-corrected chi connectivity index (χ0v) is 15.7. The van der Waals surface area contributed by atoms with E-state index in [9.17, 15) is 4.79 Å². The van der Waals surface area contributed by atoms with Crippen molar-refractivity contribution < 1.29 is 9.69 Å². The van der Waals surface area contributed by atoms with Crippen molar-refractivity contribution in [2.45, 2.75) is 12.8 Å². The van der Waals surface area contributed by atoms with Gasteiger partial charge in [0, 0.05) is 22.9 Å². The number of amides is 1.